The Balaban J connectivity index is 3.79. The molecule has 0 aliphatic rings. The van der Waals surface area contributed by atoms with Gasteiger partial charge in [-0.25, -0.2) is 0 Å². The average molecular weight is 415 g/mol. The van der Waals surface area contributed by atoms with Crippen LogP contribution in [0.5, 0.6) is 0 Å². The summed E-state index contributed by atoms with van der Waals surface area (Å²) >= 11 is 0. The molecule has 0 spiro atoms. The van der Waals surface area contributed by atoms with Gasteiger partial charge in [-0.1, -0.05) is 0 Å². The van der Waals surface area contributed by atoms with Crippen LogP contribution in [0.15, 0.2) is 0 Å². The Morgan fingerprint density at radius 3 is 1.76 bits per heavy atom. The maximum absolute atomic E-state index is 11.6. The van der Waals surface area contributed by atoms with Crippen molar-refractivity contribution in [1.29, 1.82) is 0 Å². The molecule has 4 amide bonds. The van der Waals surface area contributed by atoms with Crippen molar-refractivity contribution >= 4 is 29.6 Å². The van der Waals surface area contributed by atoms with Gasteiger partial charge >= 0.3 is 5.97 Å². The van der Waals surface area contributed by atoms with E-state index in [2.05, 4.69) is 21.3 Å². The molecule has 11 nitrogen and oxygen atoms in total. The summed E-state index contributed by atoms with van der Waals surface area (Å²) in [7, 11) is 0. The summed E-state index contributed by atoms with van der Waals surface area (Å²) in [6, 6.07) is 0. The van der Waals surface area contributed by atoms with Crippen LogP contribution in [0.25, 0.3) is 0 Å². The molecule has 0 radical (unpaired) electrons. The zero-order chi connectivity index (χ0) is 22.3. The van der Waals surface area contributed by atoms with Crippen molar-refractivity contribution in [1.82, 2.24) is 21.3 Å². The van der Waals surface area contributed by atoms with Crippen molar-refractivity contribution in [2.45, 2.75) is 52.1 Å². The van der Waals surface area contributed by atoms with E-state index >= 15 is 0 Å². The van der Waals surface area contributed by atoms with E-state index in [-0.39, 0.29) is 37.9 Å². The molecule has 0 unspecified atom stereocenters. The second-order valence-electron chi connectivity index (χ2n) is 7.26. The second kappa shape index (κ2) is 14.3. The van der Waals surface area contributed by atoms with Gasteiger partial charge in [0.05, 0.1) is 13.1 Å². The summed E-state index contributed by atoms with van der Waals surface area (Å²) in [5.74, 6) is -2.13. The van der Waals surface area contributed by atoms with E-state index in [1.165, 1.54) is 0 Å². The van der Waals surface area contributed by atoms with Gasteiger partial charge in [0.25, 0.3) is 0 Å². The molecule has 0 aromatic heterocycles. The van der Waals surface area contributed by atoms with Crippen molar-refractivity contribution < 1.29 is 28.7 Å². The SMILES string of the molecule is CC(C)(C)OC(=O)CNC(=O)CNC(=O)CNC(=O)CCCNC(=O)CCCN. The number of ether oxygens (including phenoxy) is 1. The molecule has 0 atom stereocenters. The van der Waals surface area contributed by atoms with Gasteiger partial charge in [-0.2, -0.15) is 0 Å². The van der Waals surface area contributed by atoms with Crippen molar-refractivity contribution in [2.24, 2.45) is 5.73 Å². The maximum Gasteiger partial charge on any atom is 0.325 e. The summed E-state index contributed by atoms with van der Waals surface area (Å²) in [6.07, 6.45) is 1.56. The summed E-state index contributed by atoms with van der Waals surface area (Å²) in [5, 5.41) is 9.74. The van der Waals surface area contributed by atoms with Crippen molar-refractivity contribution in [3.05, 3.63) is 0 Å². The Morgan fingerprint density at radius 2 is 1.21 bits per heavy atom. The molecule has 6 N–H and O–H groups in total. The van der Waals surface area contributed by atoms with Gasteiger partial charge in [-0.05, 0) is 40.2 Å². The highest BCUT2D eigenvalue weighted by molar-refractivity contribution is 5.89. The minimum Gasteiger partial charge on any atom is -0.459 e. The second-order valence-corrected chi connectivity index (χ2v) is 7.26. The number of hydrogen-bond acceptors (Lipinski definition) is 7. The highest BCUT2D eigenvalue weighted by atomic mass is 16.6. The molecule has 0 rings (SSSR count). The fourth-order valence-corrected chi connectivity index (χ4v) is 1.95. The fourth-order valence-electron chi connectivity index (χ4n) is 1.95. The molecule has 0 aliphatic heterocycles. The van der Waals surface area contributed by atoms with E-state index in [0.29, 0.717) is 32.4 Å². The Labute approximate surface area is 170 Å². The third-order valence-corrected chi connectivity index (χ3v) is 3.25. The Morgan fingerprint density at radius 1 is 0.724 bits per heavy atom. The van der Waals surface area contributed by atoms with E-state index in [4.69, 9.17) is 10.5 Å². The molecular weight excluding hydrogens is 382 g/mol. The first-order valence-electron chi connectivity index (χ1n) is 9.52. The standard InChI is InChI=1S/C18H33N5O6/c1-18(2,3)29-17(28)12-23-16(27)11-22-15(26)10-21-14(25)7-5-9-20-13(24)6-4-8-19/h4-12,19H2,1-3H3,(H,20,24)(H,21,25)(H,22,26)(H,23,27). The lowest BCUT2D eigenvalue weighted by molar-refractivity contribution is -0.154. The van der Waals surface area contributed by atoms with Gasteiger partial charge in [0.15, 0.2) is 0 Å². The van der Waals surface area contributed by atoms with E-state index in [1.807, 2.05) is 0 Å². The molecule has 166 valence electrons. The van der Waals surface area contributed by atoms with Gasteiger partial charge < -0.3 is 31.7 Å². The first-order chi connectivity index (χ1) is 13.5. The summed E-state index contributed by atoms with van der Waals surface area (Å²) < 4.78 is 5.03. The quantitative estimate of drug-likeness (QED) is 0.177. The van der Waals surface area contributed by atoms with Crippen LogP contribution in [-0.2, 0) is 28.7 Å². The average Bonchev–Trinajstić information content (AvgIpc) is 2.63. The molecule has 0 saturated carbocycles. The first-order valence-corrected chi connectivity index (χ1v) is 9.52. The number of nitrogens with two attached hydrogens (primary N) is 1. The van der Waals surface area contributed by atoms with Gasteiger partial charge in [-0.3, -0.25) is 24.0 Å². The lowest BCUT2D eigenvalue weighted by atomic mass is 10.2. The van der Waals surface area contributed by atoms with E-state index in [0.717, 1.165) is 0 Å². The van der Waals surface area contributed by atoms with Crippen LogP contribution in [0, 0.1) is 0 Å². The zero-order valence-corrected chi connectivity index (χ0v) is 17.4. The van der Waals surface area contributed by atoms with E-state index in [9.17, 15) is 24.0 Å². The number of carbonyl (C=O) groups is 5. The highest BCUT2D eigenvalue weighted by Crippen LogP contribution is 2.06. The molecule has 0 aromatic carbocycles. The highest BCUT2D eigenvalue weighted by Gasteiger charge is 2.16. The number of hydrogen-bond donors (Lipinski definition) is 5. The van der Waals surface area contributed by atoms with Crippen LogP contribution < -0.4 is 27.0 Å². The lowest BCUT2D eigenvalue weighted by Crippen LogP contribution is -2.43. The third-order valence-electron chi connectivity index (χ3n) is 3.25. The van der Waals surface area contributed by atoms with Crippen LogP contribution in [-0.4, -0.2) is 67.9 Å². The number of rotatable bonds is 13. The monoisotopic (exact) mass is 415 g/mol. The Bertz CT molecular complexity index is 574. The summed E-state index contributed by atoms with van der Waals surface area (Å²) in [6.45, 7) is 5.03. The number of esters is 1. The molecule has 0 bridgehead atoms. The van der Waals surface area contributed by atoms with Gasteiger partial charge in [-0.15, -0.1) is 0 Å². The molecule has 0 saturated heterocycles. The van der Waals surface area contributed by atoms with Gasteiger partial charge in [0.2, 0.25) is 23.6 Å². The first kappa shape index (κ1) is 26.3. The number of nitrogens with one attached hydrogen (secondary N) is 4. The molecule has 29 heavy (non-hydrogen) atoms. The maximum atomic E-state index is 11.6. The van der Waals surface area contributed by atoms with Gasteiger partial charge in [0.1, 0.15) is 12.1 Å². The lowest BCUT2D eigenvalue weighted by Gasteiger charge is -2.19. The van der Waals surface area contributed by atoms with Crippen molar-refractivity contribution in [2.75, 3.05) is 32.7 Å². The van der Waals surface area contributed by atoms with Gasteiger partial charge in [0, 0.05) is 19.4 Å². The molecule has 0 aromatic rings. The number of amides is 4. The molecule has 0 aliphatic carbocycles. The minimum atomic E-state index is -0.649. The normalized spacial score (nSPS) is 10.6. The van der Waals surface area contributed by atoms with Crippen LogP contribution in [0.3, 0.4) is 0 Å². The molecule has 0 heterocycles. The molecule has 11 heteroatoms. The minimum absolute atomic E-state index is 0.111. The smallest absolute Gasteiger partial charge is 0.325 e. The van der Waals surface area contributed by atoms with Crippen LogP contribution in [0.1, 0.15) is 46.5 Å². The Hall–Kier alpha value is -2.69. The van der Waals surface area contributed by atoms with E-state index < -0.39 is 23.4 Å². The fraction of sp³-hybridized carbons (Fsp3) is 0.722. The number of carbonyl (C=O) groups excluding carboxylic acids is 5. The molecular formula is C18H33N5O6. The predicted octanol–water partition coefficient (Wildman–Crippen LogP) is -1.69. The predicted molar refractivity (Wildman–Crippen MR) is 105 cm³/mol. The summed E-state index contributed by atoms with van der Waals surface area (Å²) in [4.78, 5) is 57.7. The van der Waals surface area contributed by atoms with Crippen LogP contribution in [0.4, 0.5) is 0 Å². The third kappa shape index (κ3) is 17.2. The largest absolute Gasteiger partial charge is 0.459 e. The topological polar surface area (TPSA) is 169 Å². The van der Waals surface area contributed by atoms with Crippen LogP contribution >= 0.6 is 0 Å². The van der Waals surface area contributed by atoms with Crippen LogP contribution in [0.2, 0.25) is 0 Å². The summed E-state index contributed by atoms with van der Waals surface area (Å²) in [5.41, 5.74) is 4.66. The van der Waals surface area contributed by atoms with Crippen molar-refractivity contribution in [3.63, 3.8) is 0 Å². The Kier molecular flexibility index (Phi) is 13.0. The van der Waals surface area contributed by atoms with Crippen molar-refractivity contribution in [3.8, 4) is 0 Å². The zero-order valence-electron chi connectivity index (χ0n) is 17.4. The molecule has 0 fully saturated rings. The van der Waals surface area contributed by atoms with E-state index in [1.54, 1.807) is 20.8 Å².